The van der Waals surface area contributed by atoms with Gasteiger partial charge in [-0.15, -0.1) is 0 Å². The van der Waals surface area contributed by atoms with Crippen LogP contribution in [0.25, 0.3) is 32.8 Å². The highest BCUT2D eigenvalue weighted by Gasteiger charge is 2.20. The van der Waals surface area contributed by atoms with Crippen LogP contribution < -0.4 is 16.0 Å². The number of aryl methyl sites for hydroxylation is 1. The van der Waals surface area contributed by atoms with Gasteiger partial charge in [0.15, 0.2) is 0 Å². The molecule has 0 bridgehead atoms. The molecule has 0 aliphatic rings. The first-order valence-electron chi connectivity index (χ1n) is 11.6. The molecule has 0 fully saturated rings. The van der Waals surface area contributed by atoms with E-state index in [0.29, 0.717) is 18.1 Å². The molecule has 2 aromatic heterocycles. The van der Waals surface area contributed by atoms with Crippen LogP contribution in [-0.2, 0) is 7.05 Å². The summed E-state index contributed by atoms with van der Waals surface area (Å²) in [5.74, 6) is 0. The average Bonchev–Trinajstić information content (AvgIpc) is 3.23. The molecule has 178 valence electrons. The maximum atomic E-state index is 12.4. The molecule has 0 saturated heterocycles. The number of carbonyl (C=O) groups is 1. The van der Waals surface area contributed by atoms with Crippen LogP contribution in [-0.4, -0.2) is 28.7 Å². The molecular formula is C28H28ClN5O. The van der Waals surface area contributed by atoms with Crippen molar-refractivity contribution in [3.8, 4) is 0 Å². The molecule has 2 amide bonds. The van der Waals surface area contributed by atoms with Crippen LogP contribution in [0.1, 0.15) is 13.8 Å². The number of fused-ring (bicyclic) bond motifs is 4. The number of aromatic amines is 1. The van der Waals surface area contributed by atoms with Crippen molar-refractivity contribution in [3.05, 3.63) is 83.2 Å². The average molecular weight is 486 g/mol. The van der Waals surface area contributed by atoms with Crippen LogP contribution in [0.15, 0.2) is 77.8 Å². The lowest BCUT2D eigenvalue weighted by Gasteiger charge is -2.23. The van der Waals surface area contributed by atoms with E-state index in [-0.39, 0.29) is 11.4 Å². The summed E-state index contributed by atoms with van der Waals surface area (Å²) in [7, 11) is 2.05. The second-order valence-corrected chi connectivity index (χ2v) is 10.1. The number of amides is 2. The normalized spacial score (nSPS) is 12.5. The summed E-state index contributed by atoms with van der Waals surface area (Å²) >= 11 is 6.41. The summed E-state index contributed by atoms with van der Waals surface area (Å²) < 4.78 is 2.15. The Balaban J connectivity index is 1.52. The van der Waals surface area contributed by atoms with Crippen LogP contribution in [0.3, 0.4) is 0 Å². The Morgan fingerprint density at radius 3 is 2.57 bits per heavy atom. The minimum atomic E-state index is -0.268. The third-order valence-electron chi connectivity index (χ3n) is 6.26. The molecule has 35 heavy (non-hydrogen) atoms. The molecule has 0 aliphatic carbocycles. The fourth-order valence-electron chi connectivity index (χ4n) is 4.39. The molecule has 0 saturated carbocycles. The number of hydrogen-bond donors (Lipinski definition) is 3. The minimum Gasteiger partial charge on any atom is -0.341 e. The zero-order valence-electron chi connectivity index (χ0n) is 20.0. The van der Waals surface area contributed by atoms with Crippen molar-refractivity contribution in [1.29, 1.82) is 0 Å². The SMILES string of the molecule is Cn1c2ccc(Cl)cc2c(=NCC(C)(C)CNC(=O)Nc2ccccc2)c2c3ccccc3[nH]c21. The molecule has 0 aliphatic heterocycles. The van der Waals surface area contributed by atoms with Crippen molar-refractivity contribution in [3.63, 3.8) is 0 Å². The lowest BCUT2D eigenvalue weighted by atomic mass is 9.93. The van der Waals surface area contributed by atoms with Crippen LogP contribution in [0, 0.1) is 5.41 Å². The van der Waals surface area contributed by atoms with Crippen molar-refractivity contribution in [2.24, 2.45) is 17.5 Å². The standard InChI is InChI=1S/C28H28ClN5O/c1-28(2,17-31-27(35)32-19-9-5-4-6-10-19)16-30-25-21-15-18(29)13-14-23(21)34(3)26-24(25)20-11-7-8-12-22(20)33-26/h4-15,33H,16-17H2,1-3H3,(H2,31,32,35). The predicted octanol–water partition coefficient (Wildman–Crippen LogP) is 6.21. The first-order valence-corrected chi connectivity index (χ1v) is 12.0. The molecule has 0 radical (unpaired) electrons. The maximum Gasteiger partial charge on any atom is 0.319 e. The summed E-state index contributed by atoms with van der Waals surface area (Å²) in [4.78, 5) is 21.1. The molecule has 3 N–H and O–H groups in total. The Hall–Kier alpha value is -3.77. The van der Waals surface area contributed by atoms with Gasteiger partial charge < -0.3 is 20.2 Å². The summed E-state index contributed by atoms with van der Waals surface area (Å²) in [6.45, 7) is 5.21. The molecule has 5 rings (SSSR count). The fraction of sp³-hybridized carbons (Fsp3) is 0.214. The summed E-state index contributed by atoms with van der Waals surface area (Å²) in [5, 5.41) is 10.6. The summed E-state index contributed by atoms with van der Waals surface area (Å²) in [6.07, 6.45) is 0. The first-order chi connectivity index (χ1) is 16.8. The lowest BCUT2D eigenvalue weighted by molar-refractivity contribution is 0.245. The van der Waals surface area contributed by atoms with Crippen molar-refractivity contribution < 1.29 is 4.79 Å². The van der Waals surface area contributed by atoms with Gasteiger partial charge in [0.25, 0.3) is 0 Å². The van der Waals surface area contributed by atoms with E-state index in [1.165, 1.54) is 0 Å². The number of carbonyl (C=O) groups excluding carboxylic acids is 1. The predicted molar refractivity (Wildman–Crippen MR) is 145 cm³/mol. The van der Waals surface area contributed by atoms with Crippen molar-refractivity contribution in [1.82, 2.24) is 14.9 Å². The molecule has 3 aromatic carbocycles. The van der Waals surface area contributed by atoms with Gasteiger partial charge in [-0.05, 0) is 36.4 Å². The van der Waals surface area contributed by atoms with Gasteiger partial charge in [0.2, 0.25) is 0 Å². The van der Waals surface area contributed by atoms with Crippen LogP contribution in [0.2, 0.25) is 5.02 Å². The number of pyridine rings is 1. The zero-order chi connectivity index (χ0) is 24.6. The van der Waals surface area contributed by atoms with Crippen LogP contribution >= 0.6 is 11.6 Å². The summed E-state index contributed by atoms with van der Waals surface area (Å²) in [5.41, 5.74) is 3.61. The van der Waals surface area contributed by atoms with Gasteiger partial charge >= 0.3 is 6.03 Å². The van der Waals surface area contributed by atoms with E-state index in [2.05, 4.69) is 53.2 Å². The third-order valence-corrected chi connectivity index (χ3v) is 6.49. The zero-order valence-corrected chi connectivity index (χ0v) is 20.8. The largest absolute Gasteiger partial charge is 0.341 e. The Labute approximate surface area is 208 Å². The van der Waals surface area contributed by atoms with Crippen LogP contribution in [0.5, 0.6) is 0 Å². The van der Waals surface area contributed by atoms with Crippen molar-refractivity contribution in [2.75, 3.05) is 18.4 Å². The number of aromatic nitrogens is 2. The van der Waals surface area contributed by atoms with Crippen molar-refractivity contribution >= 4 is 56.2 Å². The van der Waals surface area contributed by atoms with Gasteiger partial charge in [-0.1, -0.05) is 61.8 Å². The number of anilines is 1. The monoisotopic (exact) mass is 485 g/mol. The van der Waals surface area contributed by atoms with E-state index in [0.717, 1.165) is 43.9 Å². The number of halogens is 1. The van der Waals surface area contributed by atoms with E-state index in [9.17, 15) is 4.79 Å². The van der Waals surface area contributed by atoms with Gasteiger partial charge in [0.05, 0.1) is 16.3 Å². The number of nitrogens with one attached hydrogen (secondary N) is 3. The molecule has 0 unspecified atom stereocenters. The Bertz CT molecular complexity index is 1620. The molecule has 7 heteroatoms. The Morgan fingerprint density at radius 2 is 1.77 bits per heavy atom. The molecule has 5 aromatic rings. The van der Waals surface area contributed by atoms with E-state index in [1.807, 2.05) is 60.7 Å². The highest BCUT2D eigenvalue weighted by Crippen LogP contribution is 2.27. The molecule has 0 spiro atoms. The van der Waals surface area contributed by atoms with Gasteiger partial charge in [0, 0.05) is 52.6 Å². The summed E-state index contributed by atoms with van der Waals surface area (Å²) in [6, 6.07) is 23.4. The van der Waals surface area contributed by atoms with E-state index < -0.39 is 0 Å². The topological polar surface area (TPSA) is 74.2 Å². The maximum absolute atomic E-state index is 12.4. The van der Waals surface area contributed by atoms with Gasteiger partial charge in [-0.25, -0.2) is 4.79 Å². The number of para-hydroxylation sites is 2. The molecular weight excluding hydrogens is 458 g/mol. The second kappa shape index (κ2) is 9.12. The van der Waals surface area contributed by atoms with Gasteiger partial charge in [-0.3, -0.25) is 4.99 Å². The minimum absolute atomic E-state index is 0.229. The third kappa shape index (κ3) is 4.62. The highest BCUT2D eigenvalue weighted by molar-refractivity contribution is 6.31. The van der Waals surface area contributed by atoms with Crippen LogP contribution in [0.4, 0.5) is 10.5 Å². The first kappa shape index (κ1) is 23.0. The molecule has 2 heterocycles. The van der Waals surface area contributed by atoms with E-state index in [4.69, 9.17) is 16.6 Å². The highest BCUT2D eigenvalue weighted by atomic mass is 35.5. The number of urea groups is 1. The lowest BCUT2D eigenvalue weighted by Crippen LogP contribution is -2.38. The Kier molecular flexibility index (Phi) is 5.99. The fourth-order valence-corrected chi connectivity index (χ4v) is 4.57. The van der Waals surface area contributed by atoms with Gasteiger partial charge in [-0.2, -0.15) is 0 Å². The number of benzene rings is 3. The van der Waals surface area contributed by atoms with E-state index >= 15 is 0 Å². The Morgan fingerprint density at radius 1 is 1.03 bits per heavy atom. The number of nitrogens with zero attached hydrogens (tertiary/aromatic N) is 2. The smallest absolute Gasteiger partial charge is 0.319 e. The second-order valence-electron chi connectivity index (χ2n) is 9.62. The number of H-pyrrole nitrogens is 1. The van der Waals surface area contributed by atoms with Gasteiger partial charge in [0.1, 0.15) is 5.65 Å². The molecule has 0 atom stereocenters. The van der Waals surface area contributed by atoms with Crippen molar-refractivity contribution in [2.45, 2.75) is 13.8 Å². The quantitative estimate of drug-likeness (QED) is 0.272. The number of rotatable bonds is 5. The molecule has 6 nitrogen and oxygen atoms in total. The van der Waals surface area contributed by atoms with E-state index in [1.54, 1.807) is 0 Å². The number of hydrogen-bond acceptors (Lipinski definition) is 2.